The van der Waals surface area contributed by atoms with Gasteiger partial charge in [-0.3, -0.25) is 0 Å². The molecule has 0 aromatic heterocycles. The Morgan fingerprint density at radius 3 is 2.55 bits per heavy atom. The van der Waals surface area contributed by atoms with E-state index in [2.05, 4.69) is 11.4 Å². The van der Waals surface area contributed by atoms with E-state index in [0.29, 0.717) is 0 Å². The van der Waals surface area contributed by atoms with Crippen LogP contribution in [0.4, 0.5) is 10.1 Å². The first-order valence-electron chi connectivity index (χ1n) is 6.68. The fourth-order valence-corrected chi connectivity index (χ4v) is 2.25. The van der Waals surface area contributed by atoms with Crippen molar-refractivity contribution in [2.45, 2.75) is 26.8 Å². The fraction of sp³-hybridized carbons (Fsp3) is 0.294. The number of hydrogen-bond acceptors (Lipinski definition) is 2. The number of anilines is 1. The second-order valence-corrected chi connectivity index (χ2v) is 5.07. The second kappa shape index (κ2) is 5.95. The van der Waals surface area contributed by atoms with Crippen molar-refractivity contribution in [3.63, 3.8) is 0 Å². The molecule has 2 rings (SSSR count). The van der Waals surface area contributed by atoms with Crippen LogP contribution in [0.1, 0.15) is 29.7 Å². The van der Waals surface area contributed by atoms with Crippen LogP contribution in [0.3, 0.4) is 0 Å². The molecular weight excluding hydrogens is 253 g/mol. The van der Waals surface area contributed by atoms with Gasteiger partial charge in [0.2, 0.25) is 0 Å². The van der Waals surface area contributed by atoms with Gasteiger partial charge in [0.15, 0.2) is 0 Å². The van der Waals surface area contributed by atoms with E-state index >= 15 is 0 Å². The Kier molecular flexibility index (Phi) is 4.28. The average molecular weight is 273 g/mol. The monoisotopic (exact) mass is 273 g/mol. The second-order valence-electron chi connectivity index (χ2n) is 5.07. The molecule has 0 saturated heterocycles. The summed E-state index contributed by atoms with van der Waals surface area (Å²) in [5, 5.41) is 3.35. The Hall–Kier alpha value is -2.03. The number of halogens is 1. The third kappa shape index (κ3) is 3.10. The molecule has 3 heteroatoms. The molecule has 0 saturated carbocycles. The Balaban J connectivity index is 2.30. The van der Waals surface area contributed by atoms with Gasteiger partial charge in [-0.15, -0.1) is 0 Å². The van der Waals surface area contributed by atoms with Crippen LogP contribution in [-0.4, -0.2) is 7.11 Å². The van der Waals surface area contributed by atoms with E-state index in [9.17, 15) is 4.39 Å². The van der Waals surface area contributed by atoms with Crippen LogP contribution in [0.15, 0.2) is 36.4 Å². The van der Waals surface area contributed by atoms with Gasteiger partial charge in [0.05, 0.1) is 13.2 Å². The highest BCUT2D eigenvalue weighted by Crippen LogP contribution is 2.29. The summed E-state index contributed by atoms with van der Waals surface area (Å²) in [5.74, 6) is 0.603. The van der Waals surface area contributed by atoms with Crippen LogP contribution < -0.4 is 10.1 Å². The van der Waals surface area contributed by atoms with Crippen LogP contribution in [0, 0.1) is 19.7 Å². The standard InChI is InChI=1S/C17H20FNO/c1-11-5-8-17(20-4)15(9-11)13(3)19-16-10-14(18)7-6-12(16)2/h5-10,13,19H,1-4H3. The van der Waals surface area contributed by atoms with Gasteiger partial charge in [-0.05, 0) is 44.5 Å². The highest BCUT2D eigenvalue weighted by molar-refractivity contribution is 5.53. The molecule has 0 fully saturated rings. The molecule has 2 aromatic rings. The van der Waals surface area contributed by atoms with Gasteiger partial charge >= 0.3 is 0 Å². The molecule has 0 amide bonds. The normalized spacial score (nSPS) is 12.1. The van der Waals surface area contributed by atoms with E-state index < -0.39 is 0 Å². The van der Waals surface area contributed by atoms with Crippen molar-refractivity contribution in [1.82, 2.24) is 0 Å². The van der Waals surface area contributed by atoms with E-state index in [4.69, 9.17) is 4.74 Å². The maximum atomic E-state index is 13.3. The molecule has 1 N–H and O–H groups in total. The molecule has 0 aliphatic heterocycles. The molecular formula is C17H20FNO. The summed E-state index contributed by atoms with van der Waals surface area (Å²) in [7, 11) is 1.66. The smallest absolute Gasteiger partial charge is 0.125 e. The number of benzene rings is 2. The van der Waals surface area contributed by atoms with Crippen LogP contribution in [0.25, 0.3) is 0 Å². The van der Waals surface area contributed by atoms with Gasteiger partial charge in [0, 0.05) is 11.3 Å². The zero-order valence-corrected chi connectivity index (χ0v) is 12.3. The van der Waals surface area contributed by atoms with Gasteiger partial charge in [-0.25, -0.2) is 4.39 Å². The molecule has 0 bridgehead atoms. The SMILES string of the molecule is COc1ccc(C)cc1C(C)Nc1cc(F)ccc1C. The van der Waals surface area contributed by atoms with Crippen molar-refractivity contribution >= 4 is 5.69 Å². The van der Waals surface area contributed by atoms with Crippen molar-refractivity contribution in [2.75, 3.05) is 12.4 Å². The summed E-state index contributed by atoms with van der Waals surface area (Å²) in [4.78, 5) is 0. The Morgan fingerprint density at radius 1 is 1.10 bits per heavy atom. The number of hydrogen-bond donors (Lipinski definition) is 1. The number of methoxy groups -OCH3 is 1. The predicted octanol–water partition coefficient (Wildman–Crippen LogP) is 4.62. The van der Waals surface area contributed by atoms with E-state index in [-0.39, 0.29) is 11.9 Å². The summed E-state index contributed by atoms with van der Waals surface area (Å²) in [6.45, 7) is 6.05. The van der Waals surface area contributed by atoms with Gasteiger partial charge in [0.1, 0.15) is 11.6 Å². The third-order valence-corrected chi connectivity index (χ3v) is 3.42. The molecule has 2 nitrogen and oxygen atoms in total. The quantitative estimate of drug-likeness (QED) is 0.877. The van der Waals surface area contributed by atoms with E-state index in [0.717, 1.165) is 22.6 Å². The minimum absolute atomic E-state index is 0.0327. The zero-order chi connectivity index (χ0) is 14.7. The highest BCUT2D eigenvalue weighted by Gasteiger charge is 2.13. The van der Waals surface area contributed by atoms with E-state index in [1.54, 1.807) is 13.2 Å². The molecule has 0 heterocycles. The largest absolute Gasteiger partial charge is 0.496 e. The molecule has 2 aromatic carbocycles. The lowest BCUT2D eigenvalue weighted by Crippen LogP contribution is -2.09. The highest BCUT2D eigenvalue weighted by atomic mass is 19.1. The number of aryl methyl sites for hydroxylation is 2. The van der Waals surface area contributed by atoms with Crippen LogP contribution in [-0.2, 0) is 0 Å². The molecule has 0 aliphatic carbocycles. The van der Waals surface area contributed by atoms with Gasteiger partial charge in [0.25, 0.3) is 0 Å². The maximum absolute atomic E-state index is 13.3. The van der Waals surface area contributed by atoms with Gasteiger partial charge in [-0.1, -0.05) is 23.8 Å². The lowest BCUT2D eigenvalue weighted by molar-refractivity contribution is 0.408. The number of nitrogens with one attached hydrogen (secondary N) is 1. The minimum Gasteiger partial charge on any atom is -0.496 e. The van der Waals surface area contributed by atoms with Crippen LogP contribution >= 0.6 is 0 Å². The zero-order valence-electron chi connectivity index (χ0n) is 12.3. The molecule has 1 atom stereocenters. The van der Waals surface area contributed by atoms with Crippen molar-refractivity contribution in [2.24, 2.45) is 0 Å². The van der Waals surface area contributed by atoms with Crippen LogP contribution in [0.5, 0.6) is 5.75 Å². The molecule has 0 radical (unpaired) electrons. The fourth-order valence-electron chi connectivity index (χ4n) is 2.25. The first-order chi connectivity index (χ1) is 9.51. The molecule has 106 valence electrons. The Bertz CT molecular complexity index is 610. The maximum Gasteiger partial charge on any atom is 0.125 e. The van der Waals surface area contributed by atoms with Crippen molar-refractivity contribution in [1.29, 1.82) is 0 Å². The summed E-state index contributed by atoms with van der Waals surface area (Å²) in [5.41, 5.74) is 4.06. The Labute approximate surface area is 119 Å². The lowest BCUT2D eigenvalue weighted by atomic mass is 10.0. The van der Waals surface area contributed by atoms with E-state index in [1.807, 2.05) is 32.9 Å². The summed E-state index contributed by atoms with van der Waals surface area (Å²) >= 11 is 0. The molecule has 0 spiro atoms. The van der Waals surface area contributed by atoms with Crippen molar-refractivity contribution in [3.8, 4) is 5.75 Å². The molecule has 1 unspecified atom stereocenters. The summed E-state index contributed by atoms with van der Waals surface area (Å²) in [6.07, 6.45) is 0. The topological polar surface area (TPSA) is 21.3 Å². The van der Waals surface area contributed by atoms with E-state index in [1.165, 1.54) is 17.7 Å². The average Bonchev–Trinajstić information content (AvgIpc) is 2.42. The third-order valence-electron chi connectivity index (χ3n) is 3.42. The predicted molar refractivity (Wildman–Crippen MR) is 80.9 cm³/mol. The minimum atomic E-state index is -0.235. The molecule has 0 aliphatic rings. The van der Waals surface area contributed by atoms with Gasteiger partial charge in [-0.2, -0.15) is 0 Å². The summed E-state index contributed by atoms with van der Waals surface area (Å²) < 4.78 is 18.7. The Morgan fingerprint density at radius 2 is 1.85 bits per heavy atom. The van der Waals surface area contributed by atoms with Crippen molar-refractivity contribution < 1.29 is 9.13 Å². The van der Waals surface area contributed by atoms with Crippen LogP contribution in [0.2, 0.25) is 0 Å². The molecule has 20 heavy (non-hydrogen) atoms. The number of rotatable bonds is 4. The first kappa shape index (κ1) is 14.4. The lowest BCUT2D eigenvalue weighted by Gasteiger charge is -2.20. The van der Waals surface area contributed by atoms with Gasteiger partial charge < -0.3 is 10.1 Å². The number of ether oxygens (including phenoxy) is 1. The summed E-state index contributed by atoms with van der Waals surface area (Å²) in [6, 6.07) is 10.9. The first-order valence-corrected chi connectivity index (χ1v) is 6.68. The van der Waals surface area contributed by atoms with Crippen molar-refractivity contribution in [3.05, 3.63) is 58.9 Å².